The summed E-state index contributed by atoms with van der Waals surface area (Å²) in [4.78, 5) is 27.1. The van der Waals surface area contributed by atoms with Crippen LogP contribution >= 0.6 is 11.3 Å². The number of carbonyl (C=O) groups is 2. The van der Waals surface area contributed by atoms with E-state index in [-0.39, 0.29) is 12.3 Å². The first-order valence-corrected chi connectivity index (χ1v) is 7.51. The van der Waals surface area contributed by atoms with Crippen LogP contribution in [0.3, 0.4) is 0 Å². The first-order valence-electron chi connectivity index (χ1n) is 6.63. The highest BCUT2D eigenvalue weighted by Gasteiger charge is 2.36. The summed E-state index contributed by atoms with van der Waals surface area (Å²) in [7, 11) is 0. The van der Waals surface area contributed by atoms with E-state index in [4.69, 9.17) is 5.11 Å². The molecular weight excluding hydrogens is 276 g/mol. The van der Waals surface area contributed by atoms with Crippen LogP contribution in [0.4, 0.5) is 0 Å². The predicted octanol–water partition coefficient (Wildman–Crippen LogP) is 2.37. The zero-order valence-electron chi connectivity index (χ0n) is 11.4. The lowest BCUT2D eigenvalue weighted by atomic mass is 9.93. The monoisotopic (exact) mass is 294 g/mol. The molecule has 5 nitrogen and oxygen atoms in total. The molecule has 1 amide bonds. The lowest BCUT2D eigenvalue weighted by Gasteiger charge is -2.27. The van der Waals surface area contributed by atoms with Crippen LogP contribution in [0.1, 0.15) is 42.8 Å². The maximum Gasteiger partial charge on any atom is 0.305 e. The van der Waals surface area contributed by atoms with Crippen LogP contribution in [0.25, 0.3) is 6.08 Å². The normalized spacial score (nSPS) is 17.4. The lowest BCUT2D eigenvalue weighted by Crippen LogP contribution is -2.47. The molecule has 0 bridgehead atoms. The zero-order chi connectivity index (χ0) is 14.6. The highest BCUT2D eigenvalue weighted by atomic mass is 32.1. The Labute approximate surface area is 121 Å². The molecule has 1 aliphatic carbocycles. The van der Waals surface area contributed by atoms with Crippen molar-refractivity contribution in [3.05, 3.63) is 22.2 Å². The second-order valence-electron chi connectivity index (χ2n) is 5.17. The molecule has 1 aliphatic rings. The molecule has 6 heteroatoms. The van der Waals surface area contributed by atoms with E-state index in [1.54, 1.807) is 6.08 Å². The molecule has 0 saturated heterocycles. The standard InChI is InChI=1S/C14H18N2O3S/c1-10-15-11(9-20-10)4-5-12(17)16-14(8-13(18)19)6-2-3-7-14/h4-5,9H,2-3,6-8H2,1H3,(H,16,17)(H,18,19). The van der Waals surface area contributed by atoms with Gasteiger partial charge in [-0.25, -0.2) is 4.98 Å². The minimum Gasteiger partial charge on any atom is -0.481 e. The van der Waals surface area contributed by atoms with Gasteiger partial charge in [0.2, 0.25) is 5.91 Å². The Kier molecular flexibility index (Phi) is 4.54. The molecule has 2 N–H and O–H groups in total. The van der Waals surface area contributed by atoms with Gasteiger partial charge in [-0.15, -0.1) is 11.3 Å². The van der Waals surface area contributed by atoms with E-state index in [0.717, 1.165) is 36.4 Å². The number of aliphatic carboxylic acids is 1. The van der Waals surface area contributed by atoms with Crippen molar-refractivity contribution >= 4 is 29.3 Å². The van der Waals surface area contributed by atoms with Crippen molar-refractivity contribution in [1.29, 1.82) is 0 Å². The Morgan fingerprint density at radius 3 is 2.75 bits per heavy atom. The van der Waals surface area contributed by atoms with Gasteiger partial charge < -0.3 is 10.4 Å². The van der Waals surface area contributed by atoms with Crippen LogP contribution in [-0.2, 0) is 9.59 Å². The average molecular weight is 294 g/mol. The van der Waals surface area contributed by atoms with E-state index in [2.05, 4.69) is 10.3 Å². The molecule has 2 rings (SSSR count). The highest BCUT2D eigenvalue weighted by Crippen LogP contribution is 2.32. The quantitative estimate of drug-likeness (QED) is 0.817. The third kappa shape index (κ3) is 3.90. The summed E-state index contributed by atoms with van der Waals surface area (Å²) in [5, 5.41) is 14.7. The number of hydrogen-bond donors (Lipinski definition) is 2. The summed E-state index contributed by atoms with van der Waals surface area (Å²) in [6.07, 6.45) is 6.45. The SMILES string of the molecule is Cc1nc(C=CC(=O)NC2(CC(=O)O)CCCC2)cs1. The Balaban J connectivity index is 1.98. The van der Waals surface area contributed by atoms with Crippen molar-refractivity contribution in [2.24, 2.45) is 0 Å². The first-order chi connectivity index (χ1) is 9.49. The number of hydrogen-bond acceptors (Lipinski definition) is 4. The van der Waals surface area contributed by atoms with Gasteiger partial charge in [0, 0.05) is 11.5 Å². The summed E-state index contributed by atoms with van der Waals surface area (Å²) < 4.78 is 0. The fraction of sp³-hybridized carbons (Fsp3) is 0.500. The van der Waals surface area contributed by atoms with Crippen molar-refractivity contribution in [2.45, 2.75) is 44.6 Å². The van der Waals surface area contributed by atoms with Crippen LogP contribution in [0.15, 0.2) is 11.5 Å². The second kappa shape index (κ2) is 6.17. The van der Waals surface area contributed by atoms with Gasteiger partial charge >= 0.3 is 5.97 Å². The highest BCUT2D eigenvalue weighted by molar-refractivity contribution is 7.09. The third-order valence-corrected chi connectivity index (χ3v) is 4.27. The number of carboxylic acid groups (broad SMARTS) is 1. The number of amides is 1. The third-order valence-electron chi connectivity index (χ3n) is 3.48. The van der Waals surface area contributed by atoms with Crippen LogP contribution < -0.4 is 5.32 Å². The molecule has 108 valence electrons. The van der Waals surface area contributed by atoms with Gasteiger partial charge in [0.05, 0.1) is 22.7 Å². The van der Waals surface area contributed by atoms with Crippen molar-refractivity contribution in [3.63, 3.8) is 0 Å². The number of aromatic nitrogens is 1. The molecule has 20 heavy (non-hydrogen) atoms. The molecule has 0 spiro atoms. The molecule has 1 aromatic rings. The number of nitrogens with zero attached hydrogens (tertiary/aromatic N) is 1. The molecule has 0 aromatic carbocycles. The van der Waals surface area contributed by atoms with Gasteiger partial charge in [-0.05, 0) is 25.8 Å². The fourth-order valence-corrected chi connectivity index (χ4v) is 3.19. The van der Waals surface area contributed by atoms with E-state index in [1.807, 2.05) is 12.3 Å². The maximum absolute atomic E-state index is 12.0. The number of aryl methyl sites for hydroxylation is 1. The van der Waals surface area contributed by atoms with Crippen molar-refractivity contribution in [1.82, 2.24) is 10.3 Å². The molecule has 1 aromatic heterocycles. The number of rotatable bonds is 5. The smallest absolute Gasteiger partial charge is 0.305 e. The summed E-state index contributed by atoms with van der Waals surface area (Å²) in [5.41, 5.74) is 0.173. The maximum atomic E-state index is 12.0. The van der Waals surface area contributed by atoms with Gasteiger partial charge in [0.1, 0.15) is 0 Å². The minimum absolute atomic E-state index is 0.0115. The van der Waals surface area contributed by atoms with Gasteiger partial charge in [-0.3, -0.25) is 9.59 Å². The van der Waals surface area contributed by atoms with Crippen LogP contribution in [0.5, 0.6) is 0 Å². The van der Waals surface area contributed by atoms with Crippen molar-refractivity contribution in [2.75, 3.05) is 0 Å². The van der Waals surface area contributed by atoms with Gasteiger partial charge in [-0.1, -0.05) is 12.8 Å². The zero-order valence-corrected chi connectivity index (χ0v) is 12.2. The molecule has 0 unspecified atom stereocenters. The fourth-order valence-electron chi connectivity index (χ4n) is 2.61. The molecule has 0 aliphatic heterocycles. The Bertz CT molecular complexity index is 530. The largest absolute Gasteiger partial charge is 0.481 e. The lowest BCUT2D eigenvalue weighted by molar-refractivity contribution is -0.139. The molecule has 1 heterocycles. The molecule has 1 fully saturated rings. The first kappa shape index (κ1) is 14.7. The number of thiazole rings is 1. The Morgan fingerprint density at radius 1 is 1.50 bits per heavy atom. The summed E-state index contributed by atoms with van der Waals surface area (Å²) in [5.74, 6) is -1.12. The summed E-state index contributed by atoms with van der Waals surface area (Å²) in [6.45, 7) is 1.91. The molecule has 0 atom stereocenters. The molecular formula is C14H18N2O3S. The van der Waals surface area contributed by atoms with E-state index < -0.39 is 11.5 Å². The molecule has 0 radical (unpaired) electrons. The van der Waals surface area contributed by atoms with Crippen LogP contribution in [0.2, 0.25) is 0 Å². The minimum atomic E-state index is -0.869. The number of carbonyl (C=O) groups excluding carboxylic acids is 1. The topological polar surface area (TPSA) is 79.3 Å². The number of carboxylic acids is 1. The predicted molar refractivity (Wildman–Crippen MR) is 77.5 cm³/mol. The van der Waals surface area contributed by atoms with Crippen molar-refractivity contribution < 1.29 is 14.7 Å². The van der Waals surface area contributed by atoms with E-state index in [0.29, 0.717) is 0 Å². The second-order valence-corrected chi connectivity index (χ2v) is 6.23. The number of nitrogens with one attached hydrogen (secondary N) is 1. The average Bonchev–Trinajstić information content (AvgIpc) is 2.95. The molecule has 1 saturated carbocycles. The van der Waals surface area contributed by atoms with Gasteiger partial charge in [0.15, 0.2) is 0 Å². The van der Waals surface area contributed by atoms with E-state index in [9.17, 15) is 9.59 Å². The summed E-state index contributed by atoms with van der Waals surface area (Å²) in [6, 6.07) is 0. The van der Waals surface area contributed by atoms with Crippen LogP contribution in [0, 0.1) is 6.92 Å². The van der Waals surface area contributed by atoms with Crippen LogP contribution in [-0.4, -0.2) is 27.5 Å². The van der Waals surface area contributed by atoms with E-state index >= 15 is 0 Å². The van der Waals surface area contributed by atoms with Gasteiger partial charge in [-0.2, -0.15) is 0 Å². The summed E-state index contributed by atoms with van der Waals surface area (Å²) >= 11 is 1.52. The van der Waals surface area contributed by atoms with Crippen molar-refractivity contribution in [3.8, 4) is 0 Å². The van der Waals surface area contributed by atoms with E-state index in [1.165, 1.54) is 17.4 Å². The Hall–Kier alpha value is -1.69. The Morgan fingerprint density at radius 2 is 2.20 bits per heavy atom. The van der Waals surface area contributed by atoms with Gasteiger partial charge in [0.25, 0.3) is 0 Å².